The van der Waals surface area contributed by atoms with Gasteiger partial charge in [0.2, 0.25) is 21.8 Å². The van der Waals surface area contributed by atoms with Crippen molar-refractivity contribution < 1.29 is 86.3 Å². The normalized spacial score (nSPS) is 10.1. The number of primary sulfonamides is 1. The molecule has 23 nitrogen and oxygen atoms in total. The van der Waals surface area contributed by atoms with Gasteiger partial charge in [-0.15, -0.1) is 0 Å². The number of halogens is 7. The lowest BCUT2D eigenvalue weighted by molar-refractivity contribution is -0.401. The molecule has 0 aliphatic heterocycles. The topological polar surface area (TPSA) is 409 Å². The van der Waals surface area contributed by atoms with Crippen molar-refractivity contribution in [3.63, 3.8) is 0 Å². The molecule has 0 aliphatic rings. The molecule has 0 spiro atoms. The fraction of sp³-hybridized carbons (Fsp3) is 0.0635. The van der Waals surface area contributed by atoms with Gasteiger partial charge in [-0.05, 0) is 92.6 Å². The number of benzene rings is 9. The molecular formula is C63H41B8F7N8O15S3. The second-order valence-corrected chi connectivity index (χ2v) is 24.6. The molecule has 0 fully saturated rings. The van der Waals surface area contributed by atoms with E-state index >= 15 is 0 Å². The number of sulfone groups is 1. The van der Waals surface area contributed by atoms with E-state index in [9.17, 15) is 102 Å². The Labute approximate surface area is 602 Å². The van der Waals surface area contributed by atoms with Crippen LogP contribution in [0.25, 0.3) is 10.8 Å². The van der Waals surface area contributed by atoms with E-state index in [1.807, 2.05) is 23.6 Å². The maximum atomic E-state index is 13.4. The van der Waals surface area contributed by atoms with E-state index < -0.39 is 126 Å². The SMILES string of the molecule is [B]c1c(F)c(F)c2c(F)c(F)c(F)c(F)c2c1F.[B]c1c([N+](=O)[O-])cc([N+](=O)[O-])cc1[N+](=O)[O-].[B]c1cc(C(C)=O)c(C(C)=O)c(C(C)=O)c1.[B]c1cc(C(N)=O)cc(C(N)=O)c1.[B]c1ccc(C#N)cc1.[B]c1ccc(S(C)(=O)=O)cc1.[B]c1ccc(S(N)(=O)=O)cc1.[B]c1ccc(SC#N)cc1. The Morgan fingerprint density at radius 1 is 0.452 bits per heavy atom. The Bertz CT molecular complexity index is 4850. The van der Waals surface area contributed by atoms with E-state index in [0.717, 1.165) is 22.1 Å². The number of hydrogen-bond donors (Lipinski definition) is 3. The summed E-state index contributed by atoms with van der Waals surface area (Å²) in [6.07, 6.45) is 1.17. The van der Waals surface area contributed by atoms with Crippen LogP contribution in [0.1, 0.15) is 78.1 Å². The van der Waals surface area contributed by atoms with Gasteiger partial charge in [-0.3, -0.25) is 54.3 Å². The highest BCUT2D eigenvalue weighted by atomic mass is 32.2. The lowest BCUT2D eigenvalue weighted by Gasteiger charge is -2.10. The van der Waals surface area contributed by atoms with Gasteiger partial charge in [-0.2, -0.15) is 10.5 Å². The molecule has 6 N–H and O–H groups in total. The molecule has 104 heavy (non-hydrogen) atoms. The van der Waals surface area contributed by atoms with Crippen LogP contribution in [0, 0.1) is 93.1 Å². The summed E-state index contributed by atoms with van der Waals surface area (Å²) in [4.78, 5) is 85.3. The second-order valence-electron chi connectivity index (χ2n) is 20.2. The van der Waals surface area contributed by atoms with Crippen molar-refractivity contribution in [3.05, 3.63) is 244 Å². The van der Waals surface area contributed by atoms with Crippen molar-refractivity contribution in [2.75, 3.05) is 6.26 Å². The van der Waals surface area contributed by atoms with E-state index in [0.29, 0.717) is 44.4 Å². The number of nitrogens with zero attached hydrogens (tertiary/aromatic N) is 5. The molecule has 9 aromatic rings. The smallest absolute Gasteiger partial charge is 0.283 e. The largest absolute Gasteiger partial charge is 0.366 e. The third-order valence-corrected chi connectivity index (χ3v) is 15.1. The first-order valence-corrected chi connectivity index (χ1v) is 31.9. The maximum Gasteiger partial charge on any atom is 0.283 e. The number of ketones is 3. The molecule has 41 heteroatoms. The number of nitro groups is 3. The first-order valence-electron chi connectivity index (χ1n) is 27.6. The molecule has 0 heterocycles. The number of primary amides is 2. The molecule has 9 rings (SSSR count). The molecule has 16 radical (unpaired) electrons. The second kappa shape index (κ2) is 39.7. The number of non-ortho nitro benzene ring substituents is 1. The molecule has 0 saturated heterocycles. The molecule has 0 bridgehead atoms. The van der Waals surface area contributed by atoms with Gasteiger partial charge in [-0.25, -0.2) is 52.7 Å². The van der Waals surface area contributed by atoms with E-state index in [1.165, 1.54) is 93.8 Å². The van der Waals surface area contributed by atoms with Crippen LogP contribution in [0.3, 0.4) is 0 Å². The Hall–Kier alpha value is -11.4. The van der Waals surface area contributed by atoms with Crippen molar-refractivity contribution in [1.82, 2.24) is 0 Å². The predicted octanol–water partition coefficient (Wildman–Crippen LogP) is 3.00. The highest BCUT2D eigenvalue weighted by Crippen LogP contribution is 2.31. The van der Waals surface area contributed by atoms with Crippen molar-refractivity contribution in [2.24, 2.45) is 16.6 Å². The van der Waals surface area contributed by atoms with E-state index in [4.69, 9.17) is 89.9 Å². The third-order valence-electron chi connectivity index (χ3n) is 12.5. The first-order chi connectivity index (χ1) is 48.1. The summed E-state index contributed by atoms with van der Waals surface area (Å²) in [5.74, 6) is -17.3. The zero-order chi connectivity index (χ0) is 79.7. The van der Waals surface area contributed by atoms with Crippen molar-refractivity contribution >= 4 is 195 Å². The number of Topliss-reactive ketones (excluding diaryl/α,β-unsaturated/α-hetero) is 3. The highest BCUT2D eigenvalue weighted by Gasteiger charge is 2.30. The minimum atomic E-state index is -3.58. The predicted molar refractivity (Wildman–Crippen MR) is 380 cm³/mol. The summed E-state index contributed by atoms with van der Waals surface area (Å²) in [6.45, 7) is 4.00. The van der Waals surface area contributed by atoms with Crippen LogP contribution in [0.4, 0.5) is 47.8 Å². The van der Waals surface area contributed by atoms with Gasteiger partial charge in [0.25, 0.3) is 17.1 Å². The fourth-order valence-electron chi connectivity index (χ4n) is 7.57. The number of nitriles is 2. The number of hydrogen-bond acceptors (Lipinski definition) is 18. The monoisotopic (exact) mass is 1470 g/mol. The van der Waals surface area contributed by atoms with Gasteiger partial charge in [0.15, 0.2) is 62.1 Å². The number of carbonyl (C=O) groups excluding carboxylic acids is 5. The molecule has 0 saturated carbocycles. The van der Waals surface area contributed by atoms with Gasteiger partial charge in [-0.1, -0.05) is 106 Å². The quantitative estimate of drug-likeness (QED) is 0.0193. The molecule has 514 valence electrons. The van der Waals surface area contributed by atoms with Gasteiger partial charge in [0.05, 0.1) is 64.6 Å². The van der Waals surface area contributed by atoms with Crippen LogP contribution in [0.15, 0.2) is 154 Å². The van der Waals surface area contributed by atoms with E-state index in [-0.39, 0.29) is 55.5 Å². The molecule has 2 amide bonds. The van der Waals surface area contributed by atoms with Crippen LogP contribution >= 0.6 is 11.8 Å². The molecule has 9 aromatic carbocycles. The number of sulfonamides is 1. The average Bonchev–Trinajstić information content (AvgIpc) is 0.741. The van der Waals surface area contributed by atoms with Crippen LogP contribution in [-0.2, 0) is 19.9 Å². The number of nitrogens with two attached hydrogens (primary N) is 3. The van der Waals surface area contributed by atoms with Crippen LogP contribution in [-0.4, -0.2) is 130 Å². The Morgan fingerprint density at radius 2 is 0.798 bits per heavy atom. The van der Waals surface area contributed by atoms with Crippen molar-refractivity contribution in [3.8, 4) is 11.5 Å². The number of carbonyl (C=O) groups is 5. The molecule has 0 aromatic heterocycles. The van der Waals surface area contributed by atoms with E-state index in [2.05, 4.69) is 0 Å². The van der Waals surface area contributed by atoms with Gasteiger partial charge >= 0.3 is 0 Å². The Morgan fingerprint density at radius 3 is 1.12 bits per heavy atom. The van der Waals surface area contributed by atoms with Crippen molar-refractivity contribution in [2.45, 2.75) is 35.5 Å². The number of thioether (sulfide) groups is 1. The zero-order valence-electron chi connectivity index (χ0n) is 53.9. The summed E-state index contributed by atoms with van der Waals surface area (Å²) >= 11 is 1.13. The Balaban J connectivity index is 0.000000408. The lowest BCUT2D eigenvalue weighted by Crippen LogP contribution is -2.19. The zero-order valence-corrected chi connectivity index (χ0v) is 56.3. The Kier molecular flexibility index (Phi) is 33.9. The molecule has 0 unspecified atom stereocenters. The molecule has 0 atom stereocenters. The fourth-order valence-corrected chi connectivity index (χ4v) is 9.10. The summed E-state index contributed by atoms with van der Waals surface area (Å²) in [5.41, 5.74) is 10.0. The number of amides is 2. The van der Waals surface area contributed by atoms with Crippen LogP contribution < -0.4 is 60.3 Å². The highest BCUT2D eigenvalue weighted by molar-refractivity contribution is 8.03. The van der Waals surface area contributed by atoms with E-state index in [1.54, 1.807) is 48.5 Å². The van der Waals surface area contributed by atoms with Crippen LogP contribution in [0.2, 0.25) is 0 Å². The summed E-state index contributed by atoms with van der Waals surface area (Å²) in [5, 5.41) is 51.5. The number of rotatable bonds is 11. The lowest BCUT2D eigenvalue weighted by atomic mass is 9.85. The summed E-state index contributed by atoms with van der Waals surface area (Å²) in [6, 6.07) is 35.9. The maximum absolute atomic E-state index is 13.4. The number of thiocyanates is 1. The molecule has 0 aliphatic carbocycles. The number of nitro benzene ring substituents is 3. The first kappa shape index (κ1) is 88.7. The average molecular weight is 1470 g/mol. The molecular weight excluding hydrogens is 1420 g/mol. The third kappa shape index (κ3) is 26.5. The minimum Gasteiger partial charge on any atom is -0.366 e. The summed E-state index contributed by atoms with van der Waals surface area (Å²) < 4.78 is 135. The summed E-state index contributed by atoms with van der Waals surface area (Å²) in [7, 11) is 35.8. The number of fused-ring (bicyclic) bond motifs is 1. The minimum absolute atomic E-state index is 0.0756. The van der Waals surface area contributed by atoms with Gasteiger partial charge in [0, 0.05) is 39.0 Å². The van der Waals surface area contributed by atoms with Crippen molar-refractivity contribution in [1.29, 1.82) is 10.5 Å². The van der Waals surface area contributed by atoms with Gasteiger partial charge < -0.3 is 11.5 Å². The standard InChI is InChI=1S/C12H11BO3.C10BF7.C8H7BN2O2.C7H4BNS.C7H4BN.C7H7BO2S.C6H2BN3O6.C6H6BNO2S/c1-6(14)10-4-9(13)5-11(7(2)15)12(10)8(3)16;11-3-4(12)1-2(5(13)8(3)16)7(15)10(18)9(17)6(1)14;9-6-2-4(7(10)12)1-5(3-6)8(11)13;8-6-1-3-7(4-2-6)10-5-9;8-7-3-1-6(5-9)2-4-7;1-11(9,10)7-4-2-6(8)3-5-7;7-6-4(9(13)14)1-3(8(11)12)2-5(6)10(15)16;7-5-1-3-6(4-2-5)11(8,9)10/h4-5H,1-3H3;;1-3H,(H2,10,12)(H2,11,13);1-4H;1-4H;2-5H,1H3;1-2H;1-4H,(H2,8,9,10). The van der Waals surface area contributed by atoms with Crippen LogP contribution in [0.5, 0.6) is 0 Å². The van der Waals surface area contributed by atoms with Gasteiger partial charge in [0.1, 0.15) is 74.0 Å².